The second kappa shape index (κ2) is 8.66. The minimum atomic E-state index is -0.267. The van der Waals surface area contributed by atoms with Gasteiger partial charge in [-0.3, -0.25) is 4.79 Å². The van der Waals surface area contributed by atoms with E-state index < -0.39 is 0 Å². The molecule has 1 atom stereocenters. The van der Waals surface area contributed by atoms with Crippen LogP contribution in [0, 0.1) is 21.3 Å². The number of benzene rings is 3. The molecule has 34 heavy (non-hydrogen) atoms. The zero-order valence-corrected chi connectivity index (χ0v) is 21.7. The zero-order chi connectivity index (χ0) is 24.0. The van der Waals surface area contributed by atoms with E-state index in [1.165, 1.54) is 10.8 Å². The lowest BCUT2D eigenvalue weighted by Crippen LogP contribution is -2.33. The fourth-order valence-corrected chi connectivity index (χ4v) is 6.03. The number of ether oxygens (including phenoxy) is 2. The van der Waals surface area contributed by atoms with Gasteiger partial charge in [-0.15, -0.1) is 6.42 Å². The van der Waals surface area contributed by atoms with Crippen LogP contribution in [-0.4, -0.2) is 19.5 Å². The molecule has 0 amide bonds. The minimum Gasteiger partial charge on any atom is -0.493 e. The fraction of sp³-hybridized carbons (Fsp3) is 0.276. The van der Waals surface area contributed by atoms with Crippen LogP contribution < -0.4 is 14.8 Å². The summed E-state index contributed by atoms with van der Waals surface area (Å²) in [6.07, 6.45) is 6.77. The molecule has 0 radical (unpaired) electrons. The van der Waals surface area contributed by atoms with Gasteiger partial charge in [0.25, 0.3) is 0 Å². The highest BCUT2D eigenvalue weighted by Crippen LogP contribution is 2.52. The Labute approximate surface area is 213 Å². The lowest BCUT2D eigenvalue weighted by atomic mass is 9.68. The molecule has 1 aliphatic heterocycles. The molecule has 0 saturated heterocycles. The predicted octanol–water partition coefficient (Wildman–Crippen LogP) is 6.77. The van der Waals surface area contributed by atoms with Gasteiger partial charge in [-0.25, -0.2) is 0 Å². The molecule has 1 heterocycles. The van der Waals surface area contributed by atoms with Gasteiger partial charge in [0, 0.05) is 23.2 Å². The number of hydrogen-bond donors (Lipinski definition) is 1. The summed E-state index contributed by atoms with van der Waals surface area (Å²) in [5.74, 6) is 3.93. The van der Waals surface area contributed by atoms with Gasteiger partial charge < -0.3 is 14.8 Å². The normalized spacial score (nSPS) is 18.6. The number of terminal acetylenes is 1. The van der Waals surface area contributed by atoms with E-state index in [1.54, 1.807) is 7.11 Å². The Morgan fingerprint density at radius 1 is 1.18 bits per heavy atom. The maximum atomic E-state index is 13.6. The molecule has 3 aromatic rings. The SMILES string of the molecule is C#CCOc1c(I)cc(C2Nc3ccc4ccccc4c3C3=C2C(=O)CC(C)(C)C3)cc1OC. The molecule has 1 N–H and O–H groups in total. The van der Waals surface area contributed by atoms with Crippen molar-refractivity contribution in [3.05, 3.63) is 68.8 Å². The van der Waals surface area contributed by atoms with E-state index in [2.05, 4.69) is 90.1 Å². The molecule has 172 valence electrons. The van der Waals surface area contributed by atoms with Crippen LogP contribution in [0.2, 0.25) is 0 Å². The Morgan fingerprint density at radius 3 is 2.74 bits per heavy atom. The van der Waals surface area contributed by atoms with Crippen molar-refractivity contribution in [1.82, 2.24) is 0 Å². The summed E-state index contributed by atoms with van der Waals surface area (Å²) in [4.78, 5) is 13.6. The van der Waals surface area contributed by atoms with E-state index in [9.17, 15) is 4.79 Å². The standard InChI is InChI=1S/C29H26INO3/c1-5-12-34-28-21(30)13-18(14-24(28)33-4)27-26-20(15-29(2,3)16-23(26)32)25-19-9-7-6-8-17(19)10-11-22(25)31-27/h1,6-11,13-14,27,31H,12,15-16H2,2-4H3. The van der Waals surface area contributed by atoms with Crippen LogP contribution in [0.4, 0.5) is 5.69 Å². The summed E-state index contributed by atoms with van der Waals surface area (Å²) in [5.41, 5.74) is 5.09. The third-order valence-corrected chi connectivity index (χ3v) is 7.43. The fourth-order valence-electron chi connectivity index (χ4n) is 5.25. The molecule has 0 saturated carbocycles. The number of carbonyl (C=O) groups is 1. The number of methoxy groups -OCH3 is 1. The second-order valence-electron chi connectivity index (χ2n) is 9.65. The highest BCUT2D eigenvalue weighted by molar-refractivity contribution is 14.1. The number of Topliss-reactive ketones (excluding diaryl/α,β-unsaturated/α-hetero) is 1. The summed E-state index contributed by atoms with van der Waals surface area (Å²) in [6, 6.07) is 16.4. The first-order chi connectivity index (χ1) is 16.3. The van der Waals surface area contributed by atoms with Crippen molar-refractivity contribution in [2.24, 2.45) is 5.41 Å². The van der Waals surface area contributed by atoms with Crippen LogP contribution in [0.25, 0.3) is 16.3 Å². The van der Waals surface area contributed by atoms with Gasteiger partial charge >= 0.3 is 0 Å². The van der Waals surface area contributed by atoms with Crippen molar-refractivity contribution in [3.63, 3.8) is 0 Å². The molecular weight excluding hydrogens is 537 g/mol. The first kappa shape index (κ1) is 22.8. The number of anilines is 1. The van der Waals surface area contributed by atoms with Crippen LogP contribution in [0.5, 0.6) is 11.5 Å². The lowest BCUT2D eigenvalue weighted by molar-refractivity contribution is -0.118. The maximum Gasteiger partial charge on any atom is 0.175 e. The van der Waals surface area contributed by atoms with Gasteiger partial charge in [0.15, 0.2) is 17.3 Å². The summed E-state index contributed by atoms with van der Waals surface area (Å²) in [6.45, 7) is 4.52. The lowest BCUT2D eigenvalue weighted by Gasteiger charge is -2.40. The molecule has 1 aliphatic carbocycles. The highest BCUT2D eigenvalue weighted by atomic mass is 127. The number of rotatable bonds is 4. The molecule has 5 heteroatoms. The van der Waals surface area contributed by atoms with Crippen molar-refractivity contribution in [3.8, 4) is 23.8 Å². The van der Waals surface area contributed by atoms with Crippen molar-refractivity contribution in [2.75, 3.05) is 19.0 Å². The average Bonchev–Trinajstić information content (AvgIpc) is 2.81. The molecule has 0 aromatic heterocycles. The largest absolute Gasteiger partial charge is 0.493 e. The van der Waals surface area contributed by atoms with Crippen LogP contribution in [0.1, 0.15) is 43.9 Å². The topological polar surface area (TPSA) is 47.6 Å². The third kappa shape index (κ3) is 3.84. The van der Waals surface area contributed by atoms with Gasteiger partial charge in [-0.2, -0.15) is 0 Å². The molecular formula is C29H26INO3. The van der Waals surface area contributed by atoms with Gasteiger partial charge in [-0.05, 0) is 74.5 Å². The van der Waals surface area contributed by atoms with Crippen LogP contribution in [0.15, 0.2) is 54.1 Å². The number of nitrogens with one attached hydrogen (secondary N) is 1. The number of carbonyl (C=O) groups excluding carboxylic acids is 1. The number of halogens is 1. The molecule has 1 unspecified atom stereocenters. The second-order valence-corrected chi connectivity index (χ2v) is 10.8. The van der Waals surface area contributed by atoms with Gasteiger partial charge in [0.2, 0.25) is 0 Å². The zero-order valence-electron chi connectivity index (χ0n) is 19.5. The molecule has 5 rings (SSSR count). The van der Waals surface area contributed by atoms with Crippen molar-refractivity contribution in [1.29, 1.82) is 0 Å². The van der Waals surface area contributed by atoms with Gasteiger partial charge in [0.1, 0.15) is 6.61 Å². The Hall–Kier alpha value is -2.98. The number of fused-ring (bicyclic) bond motifs is 4. The molecule has 0 fully saturated rings. The summed E-state index contributed by atoms with van der Waals surface area (Å²) in [7, 11) is 1.62. The van der Waals surface area contributed by atoms with Crippen molar-refractivity contribution < 1.29 is 14.3 Å². The maximum absolute atomic E-state index is 13.6. The first-order valence-corrected chi connectivity index (χ1v) is 12.4. The number of ketones is 1. The number of allylic oxidation sites excluding steroid dienone is 1. The predicted molar refractivity (Wildman–Crippen MR) is 145 cm³/mol. The average molecular weight is 563 g/mol. The third-order valence-electron chi connectivity index (χ3n) is 6.62. The van der Waals surface area contributed by atoms with E-state index in [1.807, 2.05) is 6.07 Å². The van der Waals surface area contributed by atoms with Crippen LogP contribution in [-0.2, 0) is 4.79 Å². The van der Waals surface area contributed by atoms with Crippen molar-refractivity contribution >= 4 is 50.4 Å². The van der Waals surface area contributed by atoms with Crippen molar-refractivity contribution in [2.45, 2.75) is 32.7 Å². The molecule has 2 aliphatic rings. The van der Waals surface area contributed by atoms with E-state index in [0.717, 1.165) is 38.0 Å². The smallest absolute Gasteiger partial charge is 0.175 e. The van der Waals surface area contributed by atoms with E-state index in [4.69, 9.17) is 15.9 Å². The Bertz CT molecular complexity index is 1400. The van der Waals surface area contributed by atoms with Gasteiger partial charge in [0.05, 0.1) is 16.7 Å². The summed E-state index contributed by atoms with van der Waals surface area (Å²) in [5, 5.41) is 6.04. The Balaban J connectivity index is 1.73. The number of hydrogen-bond acceptors (Lipinski definition) is 4. The van der Waals surface area contributed by atoms with Gasteiger partial charge in [-0.1, -0.05) is 50.1 Å². The summed E-state index contributed by atoms with van der Waals surface area (Å²) >= 11 is 2.24. The quantitative estimate of drug-likeness (QED) is 0.281. The summed E-state index contributed by atoms with van der Waals surface area (Å²) < 4.78 is 12.3. The van der Waals surface area contributed by atoms with E-state index in [-0.39, 0.29) is 23.8 Å². The van der Waals surface area contributed by atoms with Crippen LogP contribution in [0.3, 0.4) is 0 Å². The monoisotopic (exact) mass is 563 g/mol. The molecule has 4 nitrogen and oxygen atoms in total. The Morgan fingerprint density at radius 2 is 1.97 bits per heavy atom. The highest BCUT2D eigenvalue weighted by Gasteiger charge is 2.41. The Kier molecular flexibility index (Phi) is 5.81. The molecule has 0 bridgehead atoms. The van der Waals surface area contributed by atoms with Crippen LogP contribution >= 0.6 is 22.6 Å². The minimum absolute atomic E-state index is 0.0922. The van der Waals surface area contributed by atoms with E-state index >= 15 is 0 Å². The van der Waals surface area contributed by atoms with E-state index in [0.29, 0.717) is 17.9 Å². The first-order valence-electron chi connectivity index (χ1n) is 11.3. The molecule has 0 spiro atoms. The molecule has 3 aromatic carbocycles.